The number of carbonyl (C=O) groups is 1. The number of carbonyl (C=O) groups excluding carboxylic acids is 1. The van der Waals surface area contributed by atoms with E-state index < -0.39 is 0 Å². The molecule has 0 aliphatic carbocycles. The van der Waals surface area contributed by atoms with Gasteiger partial charge in [0.05, 0.1) is 11.4 Å². The molecule has 0 saturated heterocycles. The zero-order valence-electron chi connectivity index (χ0n) is 11.6. The molecule has 0 atom stereocenters. The molecule has 0 radical (unpaired) electrons. The minimum Gasteiger partial charge on any atom is -0.397 e. The third kappa shape index (κ3) is 3.16. The van der Waals surface area contributed by atoms with E-state index in [0.29, 0.717) is 16.9 Å². The average Bonchev–Trinajstić information content (AvgIpc) is 3.04. The highest BCUT2D eigenvalue weighted by molar-refractivity contribution is 7.80. The first-order chi connectivity index (χ1) is 10.6. The monoisotopic (exact) mass is 326 g/mol. The minimum absolute atomic E-state index is 0.191. The molecular formula is C17H14N2OS2. The van der Waals surface area contributed by atoms with E-state index in [1.54, 1.807) is 35.6 Å². The van der Waals surface area contributed by atoms with Gasteiger partial charge in [0.15, 0.2) is 0 Å². The van der Waals surface area contributed by atoms with Crippen LogP contribution in [0.15, 0.2) is 64.9 Å². The molecular weight excluding hydrogens is 312 g/mol. The Kier molecular flexibility index (Phi) is 4.18. The Bertz CT molecular complexity index is 796. The lowest BCUT2D eigenvalue weighted by Crippen LogP contribution is -2.13. The Morgan fingerprint density at radius 2 is 1.86 bits per heavy atom. The van der Waals surface area contributed by atoms with Gasteiger partial charge in [0.25, 0.3) is 5.91 Å². The molecule has 0 spiro atoms. The summed E-state index contributed by atoms with van der Waals surface area (Å²) in [5.74, 6) is -0.191. The van der Waals surface area contributed by atoms with E-state index in [2.05, 4.69) is 17.9 Å². The second-order valence-corrected chi connectivity index (χ2v) is 6.24. The van der Waals surface area contributed by atoms with E-state index in [1.165, 1.54) is 0 Å². The van der Waals surface area contributed by atoms with E-state index in [0.717, 1.165) is 15.3 Å². The second-order valence-electron chi connectivity index (χ2n) is 4.78. The van der Waals surface area contributed by atoms with Crippen LogP contribution in [0.3, 0.4) is 0 Å². The summed E-state index contributed by atoms with van der Waals surface area (Å²) in [5, 5.41) is 4.88. The van der Waals surface area contributed by atoms with E-state index in [9.17, 15) is 4.79 Å². The van der Waals surface area contributed by atoms with Gasteiger partial charge in [-0.05, 0) is 53.4 Å². The van der Waals surface area contributed by atoms with E-state index in [4.69, 9.17) is 5.73 Å². The molecule has 0 bridgehead atoms. The van der Waals surface area contributed by atoms with Gasteiger partial charge in [-0.2, -0.15) is 0 Å². The van der Waals surface area contributed by atoms with Crippen LogP contribution in [0.1, 0.15) is 10.4 Å². The SMILES string of the molecule is Nc1ccc(-c2cccs2)cc1NC(=O)c1ccc(S)cc1. The number of nitrogens with one attached hydrogen (secondary N) is 1. The van der Waals surface area contributed by atoms with Crippen molar-refractivity contribution in [1.29, 1.82) is 0 Å². The van der Waals surface area contributed by atoms with Crippen LogP contribution in [0.2, 0.25) is 0 Å². The third-order valence-electron chi connectivity index (χ3n) is 3.24. The van der Waals surface area contributed by atoms with Crippen molar-refractivity contribution in [3.8, 4) is 10.4 Å². The number of nitrogen functional groups attached to an aromatic ring is 1. The zero-order valence-corrected chi connectivity index (χ0v) is 13.3. The van der Waals surface area contributed by atoms with Crippen LogP contribution in [0.4, 0.5) is 11.4 Å². The van der Waals surface area contributed by atoms with Crippen molar-refractivity contribution in [3.63, 3.8) is 0 Å². The van der Waals surface area contributed by atoms with Crippen LogP contribution < -0.4 is 11.1 Å². The van der Waals surface area contributed by atoms with Gasteiger partial charge in [-0.15, -0.1) is 24.0 Å². The quantitative estimate of drug-likeness (QED) is 0.489. The fourth-order valence-corrected chi connectivity index (χ4v) is 2.94. The standard InChI is InChI=1S/C17H14N2OS2/c18-14-8-5-12(16-2-1-9-22-16)10-15(14)19-17(20)11-3-6-13(21)7-4-11/h1-10,21H,18H2,(H,19,20). The van der Waals surface area contributed by atoms with Crippen molar-refractivity contribution in [2.75, 3.05) is 11.1 Å². The van der Waals surface area contributed by atoms with Gasteiger partial charge in [-0.3, -0.25) is 4.79 Å². The molecule has 0 unspecified atom stereocenters. The van der Waals surface area contributed by atoms with Crippen molar-refractivity contribution >= 4 is 41.2 Å². The Morgan fingerprint density at radius 1 is 1.09 bits per heavy atom. The molecule has 1 aromatic heterocycles. The molecule has 0 aliphatic rings. The van der Waals surface area contributed by atoms with Crippen LogP contribution in [-0.2, 0) is 0 Å². The summed E-state index contributed by atoms with van der Waals surface area (Å²) in [6.45, 7) is 0. The topological polar surface area (TPSA) is 55.1 Å². The number of nitrogens with two attached hydrogens (primary N) is 1. The first-order valence-electron chi connectivity index (χ1n) is 6.67. The number of rotatable bonds is 3. The van der Waals surface area contributed by atoms with Crippen molar-refractivity contribution < 1.29 is 4.79 Å². The molecule has 1 heterocycles. The van der Waals surface area contributed by atoms with Crippen molar-refractivity contribution in [2.24, 2.45) is 0 Å². The summed E-state index contributed by atoms with van der Waals surface area (Å²) in [6.07, 6.45) is 0. The number of thiol groups is 1. The highest BCUT2D eigenvalue weighted by Crippen LogP contribution is 2.30. The summed E-state index contributed by atoms with van der Waals surface area (Å²) in [7, 11) is 0. The predicted molar refractivity (Wildman–Crippen MR) is 95.8 cm³/mol. The van der Waals surface area contributed by atoms with E-state index in [-0.39, 0.29) is 5.91 Å². The number of anilines is 2. The first kappa shape index (κ1) is 14.7. The maximum absolute atomic E-state index is 12.3. The highest BCUT2D eigenvalue weighted by atomic mass is 32.1. The van der Waals surface area contributed by atoms with Crippen LogP contribution in [0, 0.1) is 0 Å². The Labute approximate surface area is 138 Å². The zero-order chi connectivity index (χ0) is 15.5. The van der Waals surface area contributed by atoms with Crippen LogP contribution >= 0.6 is 24.0 Å². The van der Waals surface area contributed by atoms with Crippen LogP contribution in [0.5, 0.6) is 0 Å². The summed E-state index contributed by atoms with van der Waals surface area (Å²) in [4.78, 5) is 14.2. The number of hydrogen-bond acceptors (Lipinski definition) is 4. The van der Waals surface area contributed by atoms with E-state index in [1.807, 2.05) is 35.7 Å². The molecule has 1 amide bonds. The predicted octanol–water partition coefficient (Wildman–Crippen LogP) is 4.54. The normalized spacial score (nSPS) is 10.4. The lowest BCUT2D eigenvalue weighted by Gasteiger charge is -2.10. The molecule has 22 heavy (non-hydrogen) atoms. The summed E-state index contributed by atoms with van der Waals surface area (Å²) in [6, 6.07) is 16.7. The largest absolute Gasteiger partial charge is 0.397 e. The van der Waals surface area contributed by atoms with Crippen LogP contribution in [0.25, 0.3) is 10.4 Å². The van der Waals surface area contributed by atoms with Crippen LogP contribution in [-0.4, -0.2) is 5.91 Å². The number of hydrogen-bond donors (Lipinski definition) is 3. The Morgan fingerprint density at radius 3 is 2.55 bits per heavy atom. The fourth-order valence-electron chi connectivity index (χ4n) is 2.07. The molecule has 5 heteroatoms. The minimum atomic E-state index is -0.191. The van der Waals surface area contributed by atoms with Gasteiger partial charge in [0.2, 0.25) is 0 Å². The molecule has 3 nitrogen and oxygen atoms in total. The van der Waals surface area contributed by atoms with Gasteiger partial charge in [0, 0.05) is 15.3 Å². The lowest BCUT2D eigenvalue weighted by molar-refractivity contribution is 0.102. The molecule has 3 rings (SSSR count). The van der Waals surface area contributed by atoms with Crippen molar-refractivity contribution in [1.82, 2.24) is 0 Å². The molecule has 110 valence electrons. The second kappa shape index (κ2) is 6.25. The number of benzene rings is 2. The Hall–Kier alpha value is -2.24. The smallest absolute Gasteiger partial charge is 0.255 e. The molecule has 0 saturated carbocycles. The highest BCUT2D eigenvalue weighted by Gasteiger charge is 2.09. The summed E-state index contributed by atoms with van der Waals surface area (Å²) in [5.41, 5.74) is 8.73. The maximum atomic E-state index is 12.3. The van der Waals surface area contributed by atoms with Gasteiger partial charge in [0.1, 0.15) is 0 Å². The first-order valence-corrected chi connectivity index (χ1v) is 8.00. The van der Waals surface area contributed by atoms with E-state index >= 15 is 0 Å². The van der Waals surface area contributed by atoms with Gasteiger partial charge < -0.3 is 11.1 Å². The molecule has 3 aromatic rings. The third-order valence-corrected chi connectivity index (χ3v) is 4.45. The van der Waals surface area contributed by atoms with Crippen molar-refractivity contribution in [2.45, 2.75) is 4.90 Å². The Balaban J connectivity index is 1.87. The summed E-state index contributed by atoms with van der Waals surface area (Å²) < 4.78 is 0. The molecule has 2 aromatic carbocycles. The average molecular weight is 326 g/mol. The number of amides is 1. The molecule has 0 fully saturated rings. The van der Waals surface area contributed by atoms with Gasteiger partial charge in [-0.25, -0.2) is 0 Å². The van der Waals surface area contributed by atoms with Gasteiger partial charge in [-0.1, -0.05) is 12.1 Å². The van der Waals surface area contributed by atoms with Crippen molar-refractivity contribution in [3.05, 3.63) is 65.5 Å². The number of thiophene rings is 1. The fraction of sp³-hybridized carbons (Fsp3) is 0. The summed E-state index contributed by atoms with van der Waals surface area (Å²) >= 11 is 5.86. The molecule has 0 aliphatic heterocycles. The lowest BCUT2D eigenvalue weighted by atomic mass is 10.1. The maximum Gasteiger partial charge on any atom is 0.255 e. The molecule has 3 N–H and O–H groups in total. The van der Waals surface area contributed by atoms with Gasteiger partial charge >= 0.3 is 0 Å².